The molecule has 0 aliphatic carbocycles. The molecule has 20 heavy (non-hydrogen) atoms. The molecule has 1 unspecified atom stereocenters. The van der Waals surface area contributed by atoms with Crippen LogP contribution < -0.4 is 10.0 Å². The Morgan fingerprint density at radius 3 is 2.75 bits per heavy atom. The van der Waals surface area contributed by atoms with E-state index in [1.54, 1.807) is 6.92 Å². The van der Waals surface area contributed by atoms with Crippen LogP contribution in [0.4, 0.5) is 5.69 Å². The molecule has 1 aromatic carbocycles. The standard InChI is InChI=1S/C11H15N3O5S/c1-11(4-5-12-7-11)13-20(18,19)8-2-3-10(15)9(6-8)14(16)17/h2-3,6,12-13,15H,4-5,7H2,1H3. The highest BCUT2D eigenvalue weighted by molar-refractivity contribution is 7.89. The van der Waals surface area contributed by atoms with Gasteiger partial charge in [0.1, 0.15) is 0 Å². The van der Waals surface area contributed by atoms with Gasteiger partial charge in [0.05, 0.1) is 9.82 Å². The third-order valence-corrected chi connectivity index (χ3v) is 4.84. The van der Waals surface area contributed by atoms with E-state index >= 15 is 0 Å². The van der Waals surface area contributed by atoms with Gasteiger partial charge in [0, 0.05) is 18.2 Å². The number of phenols is 1. The number of aromatic hydroxyl groups is 1. The summed E-state index contributed by atoms with van der Waals surface area (Å²) < 4.78 is 27.0. The molecule has 1 aliphatic heterocycles. The van der Waals surface area contributed by atoms with Crippen molar-refractivity contribution < 1.29 is 18.4 Å². The highest BCUT2D eigenvalue weighted by Crippen LogP contribution is 2.29. The lowest BCUT2D eigenvalue weighted by atomic mass is 10.0. The summed E-state index contributed by atoms with van der Waals surface area (Å²) in [6.45, 7) is 2.96. The maximum atomic E-state index is 12.2. The maximum absolute atomic E-state index is 12.2. The minimum atomic E-state index is -3.88. The van der Waals surface area contributed by atoms with Crippen LogP contribution in [0.3, 0.4) is 0 Å². The van der Waals surface area contributed by atoms with Crippen molar-refractivity contribution >= 4 is 15.7 Å². The average Bonchev–Trinajstić information content (AvgIpc) is 2.74. The Morgan fingerprint density at radius 2 is 2.20 bits per heavy atom. The topological polar surface area (TPSA) is 122 Å². The normalized spacial score (nSPS) is 22.9. The third kappa shape index (κ3) is 2.89. The average molecular weight is 301 g/mol. The van der Waals surface area contributed by atoms with E-state index in [0.717, 1.165) is 18.2 Å². The molecule has 0 spiro atoms. The monoisotopic (exact) mass is 301 g/mol. The van der Waals surface area contributed by atoms with Crippen LogP contribution in [0.1, 0.15) is 13.3 Å². The highest BCUT2D eigenvalue weighted by atomic mass is 32.2. The van der Waals surface area contributed by atoms with Crippen molar-refractivity contribution in [1.82, 2.24) is 10.0 Å². The molecule has 0 bridgehead atoms. The van der Waals surface area contributed by atoms with Gasteiger partial charge < -0.3 is 10.4 Å². The minimum absolute atomic E-state index is 0.241. The van der Waals surface area contributed by atoms with Gasteiger partial charge in [-0.05, 0) is 32.0 Å². The summed E-state index contributed by atoms with van der Waals surface area (Å²) in [5.74, 6) is -0.567. The van der Waals surface area contributed by atoms with Gasteiger partial charge in [-0.3, -0.25) is 10.1 Å². The molecule has 3 N–H and O–H groups in total. The molecule has 0 amide bonds. The Balaban J connectivity index is 2.34. The second-order valence-electron chi connectivity index (χ2n) is 5.00. The quantitative estimate of drug-likeness (QED) is 0.544. The molecular weight excluding hydrogens is 286 g/mol. The predicted molar refractivity (Wildman–Crippen MR) is 71.0 cm³/mol. The summed E-state index contributed by atoms with van der Waals surface area (Å²) in [7, 11) is -3.88. The predicted octanol–water partition coefficient (Wildman–Crippen LogP) is 0.331. The lowest BCUT2D eigenvalue weighted by Crippen LogP contribution is -2.47. The smallest absolute Gasteiger partial charge is 0.312 e. The lowest BCUT2D eigenvalue weighted by molar-refractivity contribution is -0.386. The van der Waals surface area contributed by atoms with Gasteiger partial charge >= 0.3 is 5.69 Å². The molecule has 1 aliphatic rings. The van der Waals surface area contributed by atoms with Crippen molar-refractivity contribution in [2.45, 2.75) is 23.8 Å². The summed E-state index contributed by atoms with van der Waals surface area (Å²) in [4.78, 5) is 9.66. The van der Waals surface area contributed by atoms with Crippen LogP contribution in [-0.2, 0) is 10.0 Å². The van der Waals surface area contributed by atoms with E-state index in [1.165, 1.54) is 0 Å². The zero-order valence-electron chi connectivity index (χ0n) is 10.8. The van der Waals surface area contributed by atoms with Crippen molar-refractivity contribution in [3.8, 4) is 5.75 Å². The van der Waals surface area contributed by atoms with Crippen LogP contribution >= 0.6 is 0 Å². The summed E-state index contributed by atoms with van der Waals surface area (Å²) in [5, 5.41) is 23.1. The Kier molecular flexibility index (Phi) is 3.67. The van der Waals surface area contributed by atoms with E-state index in [1.807, 2.05) is 0 Å². The zero-order valence-corrected chi connectivity index (χ0v) is 11.6. The Labute approximate surface area is 116 Å². The molecule has 110 valence electrons. The molecule has 1 atom stereocenters. The summed E-state index contributed by atoms with van der Waals surface area (Å²) >= 11 is 0. The number of nitrogens with zero attached hydrogens (tertiary/aromatic N) is 1. The van der Waals surface area contributed by atoms with Crippen molar-refractivity contribution in [3.05, 3.63) is 28.3 Å². The fourth-order valence-corrected chi connectivity index (χ4v) is 3.56. The Bertz CT molecular complexity index is 637. The van der Waals surface area contributed by atoms with E-state index in [2.05, 4.69) is 10.0 Å². The number of hydrogen-bond acceptors (Lipinski definition) is 6. The summed E-state index contributed by atoms with van der Waals surface area (Å²) in [6, 6.07) is 2.99. The molecule has 8 nitrogen and oxygen atoms in total. The molecule has 0 saturated carbocycles. The first-order valence-corrected chi connectivity index (χ1v) is 7.44. The zero-order chi connectivity index (χ0) is 15.0. The van der Waals surface area contributed by atoms with Crippen LogP contribution in [0.5, 0.6) is 5.75 Å². The molecule has 9 heteroatoms. The lowest BCUT2D eigenvalue weighted by Gasteiger charge is -2.24. The van der Waals surface area contributed by atoms with Crippen molar-refractivity contribution in [1.29, 1.82) is 0 Å². The van der Waals surface area contributed by atoms with Crippen LogP contribution in [0.25, 0.3) is 0 Å². The second-order valence-corrected chi connectivity index (χ2v) is 6.68. The first-order valence-electron chi connectivity index (χ1n) is 5.96. The first kappa shape index (κ1) is 14.7. The Morgan fingerprint density at radius 1 is 1.50 bits per heavy atom. The van der Waals surface area contributed by atoms with Crippen molar-refractivity contribution in [2.75, 3.05) is 13.1 Å². The van der Waals surface area contributed by atoms with Crippen LogP contribution in [0.15, 0.2) is 23.1 Å². The fraction of sp³-hybridized carbons (Fsp3) is 0.455. The number of nitrogens with one attached hydrogen (secondary N) is 2. The summed E-state index contributed by atoms with van der Waals surface area (Å²) in [6.07, 6.45) is 0.631. The van der Waals surface area contributed by atoms with E-state index in [-0.39, 0.29) is 4.90 Å². The summed E-state index contributed by atoms with van der Waals surface area (Å²) in [5.41, 5.74) is -1.26. The van der Waals surface area contributed by atoms with Gasteiger partial charge in [-0.2, -0.15) is 0 Å². The van der Waals surface area contributed by atoms with E-state index in [9.17, 15) is 23.6 Å². The highest BCUT2D eigenvalue weighted by Gasteiger charge is 2.34. The number of phenolic OH excluding ortho intramolecular Hbond substituents is 1. The van der Waals surface area contributed by atoms with Crippen LogP contribution in [0, 0.1) is 10.1 Å². The fourth-order valence-electron chi connectivity index (χ4n) is 2.10. The molecule has 1 heterocycles. The SMILES string of the molecule is CC1(NS(=O)(=O)c2ccc(O)c([N+](=O)[O-])c2)CCNC1. The van der Waals surface area contributed by atoms with Crippen LogP contribution in [-0.4, -0.2) is 37.1 Å². The second kappa shape index (κ2) is 5.00. The van der Waals surface area contributed by atoms with Crippen LogP contribution in [0.2, 0.25) is 0 Å². The molecule has 1 saturated heterocycles. The number of sulfonamides is 1. The largest absolute Gasteiger partial charge is 0.502 e. The minimum Gasteiger partial charge on any atom is -0.502 e. The van der Waals surface area contributed by atoms with Crippen molar-refractivity contribution in [3.63, 3.8) is 0 Å². The van der Waals surface area contributed by atoms with Gasteiger partial charge in [0.25, 0.3) is 0 Å². The molecular formula is C11H15N3O5S. The molecule has 0 aromatic heterocycles. The van der Waals surface area contributed by atoms with Gasteiger partial charge in [0.2, 0.25) is 10.0 Å². The van der Waals surface area contributed by atoms with Gasteiger partial charge in [-0.25, -0.2) is 13.1 Å². The number of nitro benzene ring substituents is 1. The third-order valence-electron chi connectivity index (χ3n) is 3.20. The van der Waals surface area contributed by atoms with E-state index in [4.69, 9.17) is 0 Å². The van der Waals surface area contributed by atoms with Gasteiger partial charge in [-0.1, -0.05) is 0 Å². The number of rotatable bonds is 4. The maximum Gasteiger partial charge on any atom is 0.312 e. The molecule has 0 radical (unpaired) electrons. The van der Waals surface area contributed by atoms with E-state index < -0.39 is 31.9 Å². The number of nitro groups is 1. The molecule has 1 aromatic rings. The van der Waals surface area contributed by atoms with Gasteiger partial charge in [0.15, 0.2) is 5.75 Å². The van der Waals surface area contributed by atoms with Gasteiger partial charge in [-0.15, -0.1) is 0 Å². The van der Waals surface area contributed by atoms with Crippen molar-refractivity contribution in [2.24, 2.45) is 0 Å². The first-order chi connectivity index (χ1) is 9.23. The Hall–Kier alpha value is -1.71. The number of benzene rings is 1. The molecule has 1 fully saturated rings. The number of hydrogen-bond donors (Lipinski definition) is 3. The molecule has 2 rings (SSSR count). The van der Waals surface area contributed by atoms with E-state index in [0.29, 0.717) is 19.5 Å².